The topological polar surface area (TPSA) is 87.7 Å². The minimum absolute atomic E-state index is 0.0279. The van der Waals surface area contributed by atoms with Crippen LogP contribution in [0.4, 0.5) is 0 Å². The van der Waals surface area contributed by atoms with Crippen LogP contribution in [0.15, 0.2) is 71.5 Å². The van der Waals surface area contributed by atoms with Gasteiger partial charge in [0.15, 0.2) is 0 Å². The molecule has 0 unspecified atom stereocenters. The van der Waals surface area contributed by atoms with Crippen LogP contribution in [0.5, 0.6) is 0 Å². The molecule has 1 heterocycles. The van der Waals surface area contributed by atoms with Crippen molar-refractivity contribution in [1.29, 1.82) is 5.41 Å². The van der Waals surface area contributed by atoms with Crippen LogP contribution in [-0.2, 0) is 13.0 Å². The molecule has 3 aromatic carbocycles. The summed E-state index contributed by atoms with van der Waals surface area (Å²) in [5, 5.41) is 13.1. The number of H-pyrrole nitrogens is 1. The Morgan fingerprint density at radius 1 is 1.00 bits per heavy atom. The minimum Gasteiger partial charge on any atom is -0.384 e. The van der Waals surface area contributed by atoms with Crippen molar-refractivity contribution < 1.29 is 0 Å². The van der Waals surface area contributed by atoms with Crippen LogP contribution in [0.25, 0.3) is 10.8 Å². The van der Waals surface area contributed by atoms with Gasteiger partial charge in [0, 0.05) is 23.2 Å². The zero-order valence-electron chi connectivity index (χ0n) is 17.3. The van der Waals surface area contributed by atoms with E-state index in [0.29, 0.717) is 18.5 Å². The van der Waals surface area contributed by atoms with E-state index in [0.717, 1.165) is 33.2 Å². The molecule has 0 aliphatic heterocycles. The number of hydrogen-bond acceptors (Lipinski definition) is 2. The van der Waals surface area contributed by atoms with Crippen molar-refractivity contribution in [3.05, 3.63) is 105 Å². The third kappa shape index (κ3) is 3.92. The van der Waals surface area contributed by atoms with Crippen molar-refractivity contribution in [2.45, 2.75) is 32.7 Å². The fourth-order valence-electron chi connectivity index (χ4n) is 3.85. The molecule has 1 aromatic heterocycles. The molecule has 0 spiro atoms. The Balaban J connectivity index is 1.71. The maximum Gasteiger partial charge on any atom is 0.270 e. The van der Waals surface area contributed by atoms with Gasteiger partial charge in [-0.1, -0.05) is 74.5 Å². The second kappa shape index (κ2) is 8.03. The predicted molar refractivity (Wildman–Crippen MR) is 122 cm³/mol. The molecule has 4 N–H and O–H groups in total. The van der Waals surface area contributed by atoms with Crippen molar-refractivity contribution >= 4 is 16.6 Å². The van der Waals surface area contributed by atoms with Gasteiger partial charge in [0.2, 0.25) is 0 Å². The summed E-state index contributed by atoms with van der Waals surface area (Å²) in [6.07, 6.45) is 0.560. The summed E-state index contributed by atoms with van der Waals surface area (Å²) in [6.45, 7) is 4.72. The van der Waals surface area contributed by atoms with Gasteiger partial charge in [0.05, 0.1) is 6.54 Å². The molecule has 0 saturated carbocycles. The van der Waals surface area contributed by atoms with Crippen molar-refractivity contribution in [1.82, 2.24) is 9.78 Å². The van der Waals surface area contributed by atoms with E-state index < -0.39 is 0 Å². The highest BCUT2D eigenvalue weighted by Crippen LogP contribution is 2.22. The maximum atomic E-state index is 13.2. The summed E-state index contributed by atoms with van der Waals surface area (Å²) in [5.41, 5.74) is 10.3. The lowest BCUT2D eigenvalue weighted by Crippen LogP contribution is -2.20. The van der Waals surface area contributed by atoms with E-state index in [1.807, 2.05) is 48.5 Å². The van der Waals surface area contributed by atoms with Crippen LogP contribution >= 0.6 is 0 Å². The lowest BCUT2D eigenvalue weighted by Gasteiger charge is -2.08. The first kappa shape index (κ1) is 19.7. The standard InChI is InChI=1S/C25H26N4O/c1-16(2)23-22(25(30)29(28-23)15-17-6-4-3-5-7-17)13-18-8-9-19-10-11-20(24(26)27)14-21(19)12-18/h3-12,14,16,28H,13,15H2,1-2H3,(H3,26,27). The van der Waals surface area contributed by atoms with Crippen LogP contribution in [0.1, 0.15) is 47.7 Å². The Kier molecular flexibility index (Phi) is 5.27. The molecule has 0 fully saturated rings. The summed E-state index contributed by atoms with van der Waals surface area (Å²) >= 11 is 0. The molecule has 0 amide bonds. The van der Waals surface area contributed by atoms with Crippen LogP contribution in [0, 0.1) is 5.41 Å². The Morgan fingerprint density at radius 2 is 1.73 bits per heavy atom. The van der Waals surface area contributed by atoms with E-state index in [1.165, 1.54) is 0 Å². The third-order valence-corrected chi connectivity index (χ3v) is 5.44. The van der Waals surface area contributed by atoms with Gasteiger partial charge in [0.1, 0.15) is 5.84 Å². The summed E-state index contributed by atoms with van der Waals surface area (Å²) < 4.78 is 1.70. The van der Waals surface area contributed by atoms with Crippen LogP contribution < -0.4 is 11.3 Å². The molecule has 0 aliphatic rings. The zero-order chi connectivity index (χ0) is 21.3. The number of nitrogens with two attached hydrogens (primary N) is 1. The number of fused-ring (bicyclic) bond motifs is 1. The Morgan fingerprint density at radius 3 is 2.43 bits per heavy atom. The lowest BCUT2D eigenvalue weighted by molar-refractivity contribution is 0.640. The monoisotopic (exact) mass is 398 g/mol. The van der Waals surface area contributed by atoms with E-state index in [-0.39, 0.29) is 17.3 Å². The first-order valence-corrected chi connectivity index (χ1v) is 10.1. The van der Waals surface area contributed by atoms with E-state index in [4.69, 9.17) is 11.1 Å². The third-order valence-electron chi connectivity index (χ3n) is 5.44. The van der Waals surface area contributed by atoms with Gasteiger partial charge in [0.25, 0.3) is 5.56 Å². The van der Waals surface area contributed by atoms with Gasteiger partial charge >= 0.3 is 0 Å². The number of nitrogens with zero attached hydrogens (tertiary/aromatic N) is 1. The molecular weight excluding hydrogens is 372 g/mol. The predicted octanol–water partition coefficient (Wildman–Crippen LogP) is 4.38. The number of benzene rings is 3. The SMILES string of the molecule is CC(C)c1[nH]n(Cc2ccccc2)c(=O)c1Cc1ccc2ccc(C(=N)N)cc2c1. The molecule has 0 radical (unpaired) electrons. The van der Waals surface area contributed by atoms with Gasteiger partial charge in [-0.05, 0) is 33.9 Å². The van der Waals surface area contributed by atoms with Crippen LogP contribution in [0.2, 0.25) is 0 Å². The molecular formula is C25H26N4O. The van der Waals surface area contributed by atoms with Gasteiger partial charge in [-0.25, -0.2) is 4.68 Å². The molecule has 5 heteroatoms. The normalized spacial score (nSPS) is 11.3. The van der Waals surface area contributed by atoms with E-state index in [1.54, 1.807) is 4.68 Å². The molecule has 4 aromatic rings. The summed E-state index contributed by atoms with van der Waals surface area (Å²) in [5.74, 6) is 0.272. The fraction of sp³-hybridized carbons (Fsp3) is 0.200. The van der Waals surface area contributed by atoms with Crippen LogP contribution in [0.3, 0.4) is 0 Å². The van der Waals surface area contributed by atoms with E-state index >= 15 is 0 Å². The molecule has 152 valence electrons. The highest BCUT2D eigenvalue weighted by Gasteiger charge is 2.17. The number of amidine groups is 1. The van der Waals surface area contributed by atoms with Gasteiger partial charge in [-0.3, -0.25) is 15.3 Å². The first-order valence-electron chi connectivity index (χ1n) is 10.1. The molecule has 0 atom stereocenters. The van der Waals surface area contributed by atoms with Crippen molar-refractivity contribution in [3.63, 3.8) is 0 Å². The van der Waals surface area contributed by atoms with Crippen molar-refractivity contribution in [2.75, 3.05) is 0 Å². The number of nitrogen functional groups attached to an aromatic ring is 1. The van der Waals surface area contributed by atoms with Gasteiger partial charge < -0.3 is 5.73 Å². The Bertz CT molecular complexity index is 1270. The summed E-state index contributed by atoms with van der Waals surface area (Å²) in [6, 6.07) is 21.9. The second-order valence-electron chi connectivity index (χ2n) is 8.02. The Hall–Kier alpha value is -3.60. The molecule has 4 rings (SSSR count). The van der Waals surface area contributed by atoms with Gasteiger partial charge in [-0.2, -0.15) is 0 Å². The molecule has 5 nitrogen and oxygen atoms in total. The zero-order valence-corrected chi connectivity index (χ0v) is 17.3. The second-order valence-corrected chi connectivity index (χ2v) is 8.02. The lowest BCUT2D eigenvalue weighted by atomic mass is 9.97. The van der Waals surface area contributed by atoms with Gasteiger partial charge in [-0.15, -0.1) is 0 Å². The van der Waals surface area contributed by atoms with Crippen molar-refractivity contribution in [3.8, 4) is 0 Å². The quantitative estimate of drug-likeness (QED) is 0.332. The number of hydrogen-bond donors (Lipinski definition) is 3. The molecule has 30 heavy (non-hydrogen) atoms. The number of aromatic amines is 1. The maximum absolute atomic E-state index is 13.2. The largest absolute Gasteiger partial charge is 0.384 e. The van der Waals surface area contributed by atoms with Crippen molar-refractivity contribution in [2.24, 2.45) is 5.73 Å². The number of nitrogens with one attached hydrogen (secondary N) is 2. The highest BCUT2D eigenvalue weighted by molar-refractivity contribution is 5.99. The molecule has 0 saturated heterocycles. The smallest absolute Gasteiger partial charge is 0.270 e. The average Bonchev–Trinajstić information content (AvgIpc) is 3.04. The number of rotatable bonds is 6. The van der Waals surface area contributed by atoms with Crippen LogP contribution in [-0.4, -0.2) is 15.6 Å². The number of aromatic nitrogens is 2. The van der Waals surface area contributed by atoms with E-state index in [2.05, 4.69) is 37.1 Å². The Labute approximate surface area is 175 Å². The first-order chi connectivity index (χ1) is 14.4. The minimum atomic E-state index is 0.0279. The average molecular weight is 399 g/mol. The highest BCUT2D eigenvalue weighted by atomic mass is 16.1. The van der Waals surface area contributed by atoms with E-state index in [9.17, 15) is 4.79 Å². The summed E-state index contributed by atoms with van der Waals surface area (Å²) in [7, 11) is 0. The fourth-order valence-corrected chi connectivity index (χ4v) is 3.85. The molecule has 0 bridgehead atoms. The molecule has 0 aliphatic carbocycles. The summed E-state index contributed by atoms with van der Waals surface area (Å²) in [4.78, 5) is 13.2.